The van der Waals surface area contributed by atoms with Gasteiger partial charge in [-0.15, -0.1) is 0 Å². The molecule has 9 heteroatoms. The van der Waals surface area contributed by atoms with E-state index in [9.17, 15) is 22.4 Å². The van der Waals surface area contributed by atoms with Crippen molar-refractivity contribution in [1.82, 2.24) is 9.21 Å². The molecule has 1 amide bonds. The van der Waals surface area contributed by atoms with E-state index in [1.165, 1.54) is 9.21 Å². The van der Waals surface area contributed by atoms with Gasteiger partial charge in [-0.25, -0.2) is 21.9 Å². The van der Waals surface area contributed by atoms with Crippen LogP contribution < -0.4 is 0 Å². The Morgan fingerprint density at radius 2 is 1.86 bits per heavy atom. The average Bonchev–Trinajstić information content (AvgIpc) is 2.90. The molecule has 0 aromatic rings. The molecule has 0 aliphatic carbocycles. The van der Waals surface area contributed by atoms with Crippen molar-refractivity contribution in [1.29, 1.82) is 0 Å². The van der Waals surface area contributed by atoms with Crippen LogP contribution in [-0.2, 0) is 19.6 Å². The number of alkyl halides is 1. The standard InChI is InChI=1S/C13H21FN2O5S/c1-2-22(20,21)16-6-3-10(4-7-16)11(17)15-8-5-13(14,9-15)12(18)19/h10H,2-9H2,1H3,(H,18,19). The largest absolute Gasteiger partial charge is 0.479 e. The van der Waals surface area contributed by atoms with Gasteiger partial charge >= 0.3 is 5.97 Å². The van der Waals surface area contributed by atoms with Crippen LogP contribution in [0.15, 0.2) is 0 Å². The first-order chi connectivity index (χ1) is 10.2. The molecule has 2 fully saturated rings. The first-order valence-corrected chi connectivity index (χ1v) is 8.99. The zero-order chi connectivity index (χ0) is 16.5. The van der Waals surface area contributed by atoms with Crippen LogP contribution in [0.3, 0.4) is 0 Å². The highest BCUT2D eigenvalue weighted by atomic mass is 32.2. The lowest BCUT2D eigenvalue weighted by Crippen LogP contribution is -2.45. The minimum absolute atomic E-state index is 0.0285. The fraction of sp³-hybridized carbons (Fsp3) is 0.846. The van der Waals surface area contributed by atoms with E-state index in [4.69, 9.17) is 5.11 Å². The Morgan fingerprint density at radius 3 is 2.32 bits per heavy atom. The van der Waals surface area contributed by atoms with Crippen LogP contribution >= 0.6 is 0 Å². The summed E-state index contributed by atoms with van der Waals surface area (Å²) in [6.45, 7) is 1.80. The molecule has 1 unspecified atom stereocenters. The third-order valence-electron chi connectivity index (χ3n) is 4.48. The second-order valence-corrected chi connectivity index (χ2v) is 8.11. The predicted octanol–water partition coefficient (Wildman–Crippen LogP) is 0.0733. The topological polar surface area (TPSA) is 95.0 Å². The van der Waals surface area contributed by atoms with Gasteiger partial charge in [-0.3, -0.25) is 4.79 Å². The van der Waals surface area contributed by atoms with E-state index in [1.807, 2.05) is 0 Å². The van der Waals surface area contributed by atoms with E-state index in [0.29, 0.717) is 12.8 Å². The quantitative estimate of drug-likeness (QED) is 0.784. The van der Waals surface area contributed by atoms with Gasteiger partial charge in [-0.05, 0) is 19.8 Å². The predicted molar refractivity (Wildman–Crippen MR) is 76.4 cm³/mol. The van der Waals surface area contributed by atoms with E-state index in [1.54, 1.807) is 6.92 Å². The summed E-state index contributed by atoms with van der Waals surface area (Å²) < 4.78 is 38.9. The number of piperidine rings is 1. The summed E-state index contributed by atoms with van der Waals surface area (Å²) in [6, 6.07) is 0. The van der Waals surface area contributed by atoms with Gasteiger partial charge in [0.15, 0.2) is 0 Å². The van der Waals surface area contributed by atoms with Gasteiger partial charge in [0.25, 0.3) is 0 Å². The minimum Gasteiger partial charge on any atom is -0.479 e. The molecule has 0 aromatic carbocycles. The second kappa shape index (κ2) is 6.11. The molecular weight excluding hydrogens is 315 g/mol. The normalized spacial score (nSPS) is 28.0. The molecule has 7 nitrogen and oxygen atoms in total. The third-order valence-corrected chi connectivity index (χ3v) is 6.36. The molecule has 0 saturated carbocycles. The Hall–Kier alpha value is -1.22. The molecule has 2 heterocycles. The smallest absolute Gasteiger partial charge is 0.343 e. The number of amides is 1. The molecule has 22 heavy (non-hydrogen) atoms. The van der Waals surface area contributed by atoms with Crippen LogP contribution in [0, 0.1) is 5.92 Å². The van der Waals surface area contributed by atoms with E-state index >= 15 is 0 Å². The Morgan fingerprint density at radius 1 is 1.27 bits per heavy atom. The monoisotopic (exact) mass is 336 g/mol. The number of sulfonamides is 1. The zero-order valence-corrected chi connectivity index (χ0v) is 13.3. The highest BCUT2D eigenvalue weighted by Crippen LogP contribution is 2.29. The van der Waals surface area contributed by atoms with Gasteiger partial charge in [0.1, 0.15) is 0 Å². The van der Waals surface area contributed by atoms with Crippen molar-refractivity contribution in [2.45, 2.75) is 31.9 Å². The molecule has 2 aliphatic heterocycles. The summed E-state index contributed by atoms with van der Waals surface area (Å²) in [6.07, 6.45) is 0.582. The Labute approximate surface area is 129 Å². The van der Waals surface area contributed by atoms with Gasteiger partial charge in [0.05, 0.1) is 12.3 Å². The molecule has 126 valence electrons. The Bertz CT molecular complexity index is 559. The lowest BCUT2D eigenvalue weighted by Gasteiger charge is -2.32. The molecule has 0 bridgehead atoms. The molecule has 0 aromatic heterocycles. The highest BCUT2D eigenvalue weighted by Gasteiger charge is 2.48. The van der Waals surface area contributed by atoms with Crippen LogP contribution in [0.2, 0.25) is 0 Å². The summed E-state index contributed by atoms with van der Waals surface area (Å²) in [7, 11) is -3.25. The van der Waals surface area contributed by atoms with Crippen molar-refractivity contribution in [3.8, 4) is 0 Å². The van der Waals surface area contributed by atoms with Crippen LogP contribution in [-0.4, -0.2) is 72.2 Å². The maximum atomic E-state index is 14.0. The number of carbonyl (C=O) groups is 2. The number of carboxylic acid groups (broad SMARTS) is 1. The summed E-state index contributed by atoms with van der Waals surface area (Å²) in [5.74, 6) is -2.14. The van der Waals surface area contributed by atoms with E-state index in [0.717, 1.165) is 0 Å². The van der Waals surface area contributed by atoms with Gasteiger partial charge in [0, 0.05) is 32.0 Å². The fourth-order valence-electron chi connectivity index (χ4n) is 2.96. The van der Waals surface area contributed by atoms with Gasteiger partial charge < -0.3 is 10.0 Å². The van der Waals surface area contributed by atoms with Crippen molar-refractivity contribution in [2.75, 3.05) is 31.9 Å². The number of carbonyl (C=O) groups excluding carboxylic acids is 1. The molecule has 2 aliphatic rings. The van der Waals surface area contributed by atoms with Crippen LogP contribution in [0.1, 0.15) is 26.2 Å². The zero-order valence-electron chi connectivity index (χ0n) is 12.5. The van der Waals surface area contributed by atoms with E-state index < -0.39 is 28.2 Å². The van der Waals surface area contributed by atoms with Crippen molar-refractivity contribution in [2.24, 2.45) is 5.92 Å². The summed E-state index contributed by atoms with van der Waals surface area (Å²) >= 11 is 0. The second-order valence-electron chi connectivity index (χ2n) is 5.85. The maximum Gasteiger partial charge on any atom is 0.343 e. The molecule has 2 rings (SSSR count). The molecule has 1 atom stereocenters. The number of rotatable bonds is 4. The van der Waals surface area contributed by atoms with Crippen molar-refractivity contribution < 1.29 is 27.5 Å². The maximum absolute atomic E-state index is 14.0. The lowest BCUT2D eigenvalue weighted by molar-refractivity contribution is -0.150. The molecule has 2 saturated heterocycles. The molecule has 1 N–H and O–H groups in total. The summed E-state index contributed by atoms with van der Waals surface area (Å²) in [5.41, 5.74) is -2.36. The van der Waals surface area contributed by atoms with E-state index in [-0.39, 0.29) is 43.6 Å². The van der Waals surface area contributed by atoms with Crippen molar-refractivity contribution in [3.63, 3.8) is 0 Å². The van der Waals surface area contributed by atoms with Crippen LogP contribution in [0.4, 0.5) is 4.39 Å². The van der Waals surface area contributed by atoms with Gasteiger partial charge in [0.2, 0.25) is 21.6 Å². The third kappa shape index (κ3) is 3.24. The van der Waals surface area contributed by atoms with Crippen LogP contribution in [0.25, 0.3) is 0 Å². The van der Waals surface area contributed by atoms with Crippen molar-refractivity contribution >= 4 is 21.9 Å². The molecular formula is C13H21FN2O5S. The Kier molecular flexibility index (Phi) is 4.76. The molecule has 0 radical (unpaired) electrons. The number of halogens is 1. The number of aliphatic carboxylic acids is 1. The van der Waals surface area contributed by atoms with Gasteiger partial charge in [-0.1, -0.05) is 0 Å². The first kappa shape index (κ1) is 17.1. The number of carboxylic acids is 1. The SMILES string of the molecule is CCS(=O)(=O)N1CCC(C(=O)N2CCC(F)(C(=O)O)C2)CC1. The minimum atomic E-state index is -3.25. The van der Waals surface area contributed by atoms with Gasteiger partial charge in [-0.2, -0.15) is 0 Å². The average molecular weight is 336 g/mol. The highest BCUT2D eigenvalue weighted by molar-refractivity contribution is 7.89. The Balaban J connectivity index is 1.93. The fourth-order valence-corrected chi connectivity index (χ4v) is 4.09. The number of hydrogen-bond donors (Lipinski definition) is 1. The van der Waals surface area contributed by atoms with E-state index in [2.05, 4.69) is 0 Å². The number of nitrogens with zero attached hydrogens (tertiary/aromatic N) is 2. The van der Waals surface area contributed by atoms with Crippen LogP contribution in [0.5, 0.6) is 0 Å². The first-order valence-electron chi connectivity index (χ1n) is 7.38. The lowest BCUT2D eigenvalue weighted by atomic mass is 9.96. The summed E-state index contributed by atoms with van der Waals surface area (Å²) in [5, 5.41) is 8.85. The number of hydrogen-bond acceptors (Lipinski definition) is 4. The van der Waals surface area contributed by atoms with Crippen molar-refractivity contribution in [3.05, 3.63) is 0 Å². The molecule has 0 spiro atoms. The summed E-state index contributed by atoms with van der Waals surface area (Å²) in [4.78, 5) is 24.5. The number of likely N-dealkylation sites (tertiary alicyclic amines) is 1.